The Labute approximate surface area is 184 Å². The zero-order chi connectivity index (χ0) is 22.9. The van der Waals surface area contributed by atoms with Gasteiger partial charge in [0.05, 0.1) is 31.7 Å². The van der Waals surface area contributed by atoms with Crippen LogP contribution in [0.4, 0.5) is 5.69 Å². The van der Waals surface area contributed by atoms with Crippen LogP contribution in [0.3, 0.4) is 0 Å². The van der Waals surface area contributed by atoms with E-state index >= 15 is 0 Å². The zero-order valence-corrected chi connectivity index (χ0v) is 19.2. The Kier molecular flexibility index (Phi) is 8.93. The molecule has 0 saturated heterocycles. The molecule has 31 heavy (non-hydrogen) atoms. The summed E-state index contributed by atoms with van der Waals surface area (Å²) in [5.74, 6) is 0.970. The average molecular weight is 447 g/mol. The molecule has 0 aliphatic rings. The van der Waals surface area contributed by atoms with E-state index in [2.05, 4.69) is 17.0 Å². The number of rotatable bonds is 11. The molecule has 0 spiro atoms. The Bertz CT molecular complexity index is 1020. The third-order valence-corrected chi connectivity index (χ3v) is 5.04. The van der Waals surface area contributed by atoms with Gasteiger partial charge in [-0.2, -0.15) is 0 Å². The summed E-state index contributed by atoms with van der Waals surface area (Å²) in [4.78, 5) is 12.4. The van der Waals surface area contributed by atoms with Gasteiger partial charge >= 0.3 is 0 Å². The lowest BCUT2D eigenvalue weighted by Gasteiger charge is -2.17. The summed E-state index contributed by atoms with van der Waals surface area (Å²) in [5, 5.41) is 2.85. The van der Waals surface area contributed by atoms with Gasteiger partial charge < -0.3 is 14.8 Å². The first kappa shape index (κ1) is 24.3. The summed E-state index contributed by atoms with van der Waals surface area (Å²) in [6.45, 7) is 4.51. The number of hydrogen-bond acceptors (Lipinski definition) is 5. The standard InChI is InChI=1S/C23H30N2O5S/c1-5-6-15-30-21-13-11-18(16-22(21)29-3)12-14-23(26)24-17(2)19-9-7-8-10-20(19)25-31(4,27)28/h7-14,16-17,25H,5-6,15H2,1-4H3,(H,24,26). The van der Waals surface area contributed by atoms with Crippen molar-refractivity contribution in [1.82, 2.24) is 5.32 Å². The molecule has 1 atom stereocenters. The van der Waals surface area contributed by atoms with Crippen molar-refractivity contribution in [2.45, 2.75) is 32.7 Å². The topological polar surface area (TPSA) is 93.7 Å². The van der Waals surface area contributed by atoms with Crippen molar-refractivity contribution in [2.75, 3.05) is 24.7 Å². The van der Waals surface area contributed by atoms with E-state index in [4.69, 9.17) is 9.47 Å². The predicted octanol–water partition coefficient (Wildman–Crippen LogP) is 4.14. The van der Waals surface area contributed by atoms with Crippen molar-refractivity contribution in [3.05, 3.63) is 59.7 Å². The Morgan fingerprint density at radius 1 is 1.16 bits per heavy atom. The Balaban J connectivity index is 2.06. The molecule has 7 nitrogen and oxygen atoms in total. The van der Waals surface area contributed by atoms with Crippen molar-refractivity contribution < 1.29 is 22.7 Å². The fraction of sp³-hybridized carbons (Fsp3) is 0.348. The number of para-hydroxylation sites is 1. The second-order valence-electron chi connectivity index (χ2n) is 7.14. The van der Waals surface area contributed by atoms with Crippen molar-refractivity contribution in [3.63, 3.8) is 0 Å². The number of benzene rings is 2. The number of amides is 1. The molecule has 2 rings (SSSR count). The molecule has 0 fully saturated rings. The molecule has 0 aliphatic carbocycles. The predicted molar refractivity (Wildman–Crippen MR) is 124 cm³/mol. The number of carbonyl (C=O) groups excluding carboxylic acids is 1. The molecule has 0 bridgehead atoms. The summed E-state index contributed by atoms with van der Waals surface area (Å²) < 4.78 is 36.7. The van der Waals surface area contributed by atoms with Gasteiger partial charge in [-0.15, -0.1) is 0 Å². The number of hydrogen-bond donors (Lipinski definition) is 2. The molecule has 2 N–H and O–H groups in total. The van der Waals surface area contributed by atoms with Crippen LogP contribution >= 0.6 is 0 Å². The number of methoxy groups -OCH3 is 1. The minimum absolute atomic E-state index is 0.302. The summed E-state index contributed by atoms with van der Waals surface area (Å²) in [6, 6.07) is 12.0. The molecule has 2 aromatic carbocycles. The molecule has 0 aliphatic heterocycles. The lowest BCUT2D eigenvalue weighted by molar-refractivity contribution is -0.117. The van der Waals surface area contributed by atoms with Gasteiger partial charge in [0.2, 0.25) is 15.9 Å². The summed E-state index contributed by atoms with van der Waals surface area (Å²) >= 11 is 0. The fourth-order valence-electron chi connectivity index (χ4n) is 2.91. The molecule has 1 unspecified atom stereocenters. The maximum atomic E-state index is 12.4. The SMILES string of the molecule is CCCCOc1ccc(C=CC(=O)NC(C)c2ccccc2NS(C)(=O)=O)cc1OC. The summed E-state index contributed by atoms with van der Waals surface area (Å²) in [5.41, 5.74) is 1.90. The molecule has 0 aromatic heterocycles. The van der Waals surface area contributed by atoms with E-state index in [9.17, 15) is 13.2 Å². The average Bonchev–Trinajstić information content (AvgIpc) is 2.72. The molecular weight excluding hydrogens is 416 g/mol. The molecule has 168 valence electrons. The van der Waals surface area contributed by atoms with Crippen molar-refractivity contribution in [2.24, 2.45) is 0 Å². The summed E-state index contributed by atoms with van der Waals surface area (Å²) in [6.07, 6.45) is 6.21. The molecule has 0 heterocycles. The molecule has 0 radical (unpaired) electrons. The van der Waals surface area contributed by atoms with Gasteiger partial charge in [0.1, 0.15) is 0 Å². The zero-order valence-electron chi connectivity index (χ0n) is 18.3. The Morgan fingerprint density at radius 3 is 2.58 bits per heavy atom. The van der Waals surface area contributed by atoms with Crippen molar-refractivity contribution in [1.29, 1.82) is 0 Å². The monoisotopic (exact) mass is 446 g/mol. The minimum Gasteiger partial charge on any atom is -0.493 e. The fourth-order valence-corrected chi connectivity index (χ4v) is 3.50. The maximum Gasteiger partial charge on any atom is 0.244 e. The van der Waals surface area contributed by atoms with Crippen LogP contribution in [0.1, 0.15) is 43.9 Å². The van der Waals surface area contributed by atoms with E-state index in [0.717, 1.165) is 24.7 Å². The van der Waals surface area contributed by atoms with Crippen molar-refractivity contribution >= 4 is 27.7 Å². The highest BCUT2D eigenvalue weighted by molar-refractivity contribution is 7.92. The van der Waals surface area contributed by atoms with Gasteiger partial charge in [0.25, 0.3) is 0 Å². The van der Waals surface area contributed by atoms with Crippen LogP contribution in [0.2, 0.25) is 0 Å². The van der Waals surface area contributed by atoms with Gasteiger partial charge in [-0.1, -0.05) is 37.6 Å². The van der Waals surface area contributed by atoms with Crippen molar-refractivity contribution in [3.8, 4) is 11.5 Å². The third-order valence-electron chi connectivity index (χ3n) is 4.45. The van der Waals surface area contributed by atoms with Crippen LogP contribution in [0.25, 0.3) is 6.08 Å². The second kappa shape index (κ2) is 11.4. The maximum absolute atomic E-state index is 12.4. The number of unbranched alkanes of at least 4 members (excludes halogenated alkanes) is 1. The lowest BCUT2D eigenvalue weighted by Crippen LogP contribution is -2.25. The summed E-state index contributed by atoms with van der Waals surface area (Å²) in [7, 11) is -1.85. The van der Waals surface area contributed by atoms with E-state index in [-0.39, 0.29) is 5.91 Å². The van der Waals surface area contributed by atoms with E-state index in [1.807, 2.05) is 12.1 Å². The molecule has 1 amide bonds. The van der Waals surface area contributed by atoms with Crippen LogP contribution in [0.5, 0.6) is 11.5 Å². The second-order valence-corrected chi connectivity index (χ2v) is 8.89. The van der Waals surface area contributed by atoms with Crippen LogP contribution in [-0.4, -0.2) is 34.3 Å². The lowest BCUT2D eigenvalue weighted by atomic mass is 10.1. The molecule has 2 aromatic rings. The quantitative estimate of drug-likeness (QED) is 0.400. The van der Waals surface area contributed by atoms with Gasteiger partial charge in [-0.05, 0) is 48.7 Å². The van der Waals surface area contributed by atoms with E-state index < -0.39 is 16.1 Å². The van der Waals surface area contributed by atoms with Gasteiger partial charge in [0, 0.05) is 6.08 Å². The highest BCUT2D eigenvalue weighted by Gasteiger charge is 2.14. The number of carbonyl (C=O) groups is 1. The van der Waals surface area contributed by atoms with E-state index in [1.54, 1.807) is 50.4 Å². The minimum atomic E-state index is -3.42. The van der Waals surface area contributed by atoms with E-state index in [1.165, 1.54) is 6.08 Å². The largest absolute Gasteiger partial charge is 0.493 e. The number of anilines is 1. The third kappa shape index (κ3) is 7.97. The highest BCUT2D eigenvalue weighted by Crippen LogP contribution is 2.29. The number of sulfonamides is 1. The Morgan fingerprint density at radius 2 is 1.90 bits per heavy atom. The van der Waals surface area contributed by atoms with Crippen LogP contribution in [0.15, 0.2) is 48.5 Å². The van der Waals surface area contributed by atoms with Crippen LogP contribution in [0, 0.1) is 0 Å². The van der Waals surface area contributed by atoms with Crippen LogP contribution in [-0.2, 0) is 14.8 Å². The first-order chi connectivity index (χ1) is 14.7. The van der Waals surface area contributed by atoms with Gasteiger partial charge in [0.15, 0.2) is 11.5 Å². The van der Waals surface area contributed by atoms with Gasteiger partial charge in [-0.25, -0.2) is 8.42 Å². The van der Waals surface area contributed by atoms with Crippen LogP contribution < -0.4 is 19.5 Å². The smallest absolute Gasteiger partial charge is 0.244 e. The number of nitrogens with one attached hydrogen (secondary N) is 2. The first-order valence-electron chi connectivity index (χ1n) is 10.1. The molecular formula is C23H30N2O5S. The van der Waals surface area contributed by atoms with Gasteiger partial charge in [-0.3, -0.25) is 9.52 Å². The van der Waals surface area contributed by atoms with E-state index in [0.29, 0.717) is 29.4 Å². The Hall–Kier alpha value is -3.00. The molecule has 0 saturated carbocycles. The number of ether oxygens (including phenoxy) is 2. The first-order valence-corrected chi connectivity index (χ1v) is 12.0. The highest BCUT2D eigenvalue weighted by atomic mass is 32.2. The molecule has 8 heteroatoms. The normalized spacial score (nSPS) is 12.4.